The van der Waals surface area contributed by atoms with Crippen molar-refractivity contribution >= 4 is 9.52 Å². The third kappa shape index (κ3) is 17.9. The van der Waals surface area contributed by atoms with Crippen molar-refractivity contribution in [2.24, 2.45) is 0 Å². The van der Waals surface area contributed by atoms with Gasteiger partial charge in [0.15, 0.2) is 0 Å². The predicted octanol–water partition coefficient (Wildman–Crippen LogP) is 7.51. The average Bonchev–Trinajstić information content (AvgIpc) is 2.49. The van der Waals surface area contributed by atoms with E-state index in [2.05, 4.69) is 20.4 Å². The van der Waals surface area contributed by atoms with Crippen LogP contribution in [-0.4, -0.2) is 9.52 Å². The van der Waals surface area contributed by atoms with Gasteiger partial charge in [-0.1, -0.05) is 109 Å². The van der Waals surface area contributed by atoms with Crippen molar-refractivity contribution < 1.29 is 0 Å². The molecular formula is C20H40Si. The van der Waals surface area contributed by atoms with Crippen molar-refractivity contribution in [1.82, 2.24) is 0 Å². The highest BCUT2D eigenvalue weighted by molar-refractivity contribution is 6.44. The Labute approximate surface area is 138 Å². The van der Waals surface area contributed by atoms with Crippen LogP contribution in [0.15, 0.2) is 11.8 Å². The minimum Gasteiger partial charge on any atom is -0.104 e. The number of unbranched alkanes of at least 4 members (excludes halogenated alkanes) is 12. The maximum absolute atomic E-state index is 4.25. The molecule has 0 saturated heterocycles. The molecule has 0 fully saturated rings. The average molecular weight is 309 g/mol. The molecule has 0 unspecified atom stereocenters. The summed E-state index contributed by atoms with van der Waals surface area (Å²) in [6, 6.07) is 1.41. The molecule has 0 aliphatic carbocycles. The second-order valence-electron chi connectivity index (χ2n) is 6.52. The van der Waals surface area contributed by atoms with Crippen LogP contribution < -0.4 is 0 Å². The van der Waals surface area contributed by atoms with Crippen LogP contribution >= 0.6 is 0 Å². The molecule has 0 atom stereocenters. The monoisotopic (exact) mass is 308 g/mol. The molecule has 0 bridgehead atoms. The van der Waals surface area contributed by atoms with Crippen molar-refractivity contribution in [2.45, 2.75) is 116 Å². The summed E-state index contributed by atoms with van der Waals surface area (Å²) >= 11 is 0. The van der Waals surface area contributed by atoms with E-state index in [0.717, 1.165) is 9.52 Å². The third-order valence-corrected chi connectivity index (χ3v) is 5.59. The Morgan fingerprint density at radius 3 is 1.57 bits per heavy atom. The molecule has 0 saturated carbocycles. The first-order chi connectivity index (χ1) is 10.3. The first-order valence-electron chi connectivity index (χ1n) is 9.72. The van der Waals surface area contributed by atoms with Crippen molar-refractivity contribution in [2.75, 3.05) is 0 Å². The summed E-state index contributed by atoms with van der Waals surface area (Å²) in [7, 11) is 1.04. The van der Waals surface area contributed by atoms with Crippen LogP contribution in [0.4, 0.5) is 0 Å². The van der Waals surface area contributed by atoms with E-state index in [1.165, 1.54) is 108 Å². The Morgan fingerprint density at radius 2 is 1.05 bits per heavy atom. The lowest BCUT2D eigenvalue weighted by Crippen LogP contribution is -1.95. The first-order valence-corrected chi connectivity index (χ1v) is 10.9. The zero-order valence-corrected chi connectivity index (χ0v) is 16.0. The van der Waals surface area contributed by atoms with Gasteiger partial charge in [-0.3, -0.25) is 0 Å². The van der Waals surface area contributed by atoms with Gasteiger partial charge in [-0.2, -0.15) is 0 Å². The molecule has 0 N–H and O–H groups in total. The summed E-state index contributed by atoms with van der Waals surface area (Å²) in [6.45, 7) is 8.82. The van der Waals surface area contributed by atoms with Crippen molar-refractivity contribution in [1.29, 1.82) is 0 Å². The highest BCUT2D eigenvalue weighted by atomic mass is 28.2. The Bertz CT molecular complexity index is 210. The van der Waals surface area contributed by atoms with E-state index in [1.807, 2.05) is 0 Å². The van der Waals surface area contributed by atoms with Gasteiger partial charge >= 0.3 is 0 Å². The molecule has 124 valence electrons. The molecule has 0 amide bonds. The fourth-order valence-corrected chi connectivity index (χ4v) is 3.87. The lowest BCUT2D eigenvalue weighted by atomic mass is 10.1. The lowest BCUT2D eigenvalue weighted by molar-refractivity contribution is 0.562. The van der Waals surface area contributed by atoms with Crippen LogP contribution in [0.5, 0.6) is 0 Å². The maximum Gasteiger partial charge on any atom is 0.0741 e. The second kappa shape index (κ2) is 18.0. The highest BCUT2D eigenvalue weighted by Crippen LogP contribution is 2.13. The van der Waals surface area contributed by atoms with Gasteiger partial charge in [0.25, 0.3) is 0 Å². The quantitative estimate of drug-likeness (QED) is 0.192. The molecule has 0 aliphatic heterocycles. The fourth-order valence-electron chi connectivity index (χ4n) is 2.73. The van der Waals surface area contributed by atoms with Gasteiger partial charge in [0.1, 0.15) is 0 Å². The van der Waals surface area contributed by atoms with Gasteiger partial charge in [-0.05, 0) is 12.8 Å². The molecule has 21 heavy (non-hydrogen) atoms. The second-order valence-corrected chi connectivity index (χ2v) is 8.08. The van der Waals surface area contributed by atoms with E-state index in [4.69, 9.17) is 0 Å². The van der Waals surface area contributed by atoms with Gasteiger partial charge in [-0.25, -0.2) is 0 Å². The largest absolute Gasteiger partial charge is 0.104 e. The number of hydrogen-bond acceptors (Lipinski definition) is 0. The number of rotatable bonds is 17. The zero-order chi connectivity index (χ0) is 15.6. The molecule has 0 nitrogen and oxygen atoms in total. The van der Waals surface area contributed by atoms with Crippen LogP contribution in [0, 0.1) is 0 Å². The molecule has 0 aliphatic rings. The topological polar surface area (TPSA) is 0 Å². The SMILES string of the molecule is C=C(CCCCCC)[Si]CCCCCCCCCCCC. The molecule has 0 spiro atoms. The summed E-state index contributed by atoms with van der Waals surface area (Å²) in [5, 5.41) is 1.53. The van der Waals surface area contributed by atoms with E-state index in [-0.39, 0.29) is 0 Å². The Balaban J connectivity index is 3.09. The molecule has 1 heteroatoms. The number of allylic oxidation sites excluding steroid dienone is 1. The van der Waals surface area contributed by atoms with Crippen LogP contribution in [-0.2, 0) is 0 Å². The van der Waals surface area contributed by atoms with E-state index >= 15 is 0 Å². The summed E-state index contributed by atoms with van der Waals surface area (Å²) in [6.07, 6.45) is 21.3. The Morgan fingerprint density at radius 1 is 0.619 bits per heavy atom. The highest BCUT2D eigenvalue weighted by Gasteiger charge is 1.98. The summed E-state index contributed by atoms with van der Waals surface area (Å²) < 4.78 is 0. The molecule has 0 aromatic heterocycles. The molecule has 0 heterocycles. The minimum absolute atomic E-state index is 1.04. The smallest absolute Gasteiger partial charge is 0.0741 e. The normalized spacial score (nSPS) is 11.0. The van der Waals surface area contributed by atoms with Gasteiger partial charge in [0.05, 0.1) is 9.52 Å². The lowest BCUT2D eigenvalue weighted by Gasteiger charge is -2.05. The van der Waals surface area contributed by atoms with E-state index in [1.54, 1.807) is 0 Å². The summed E-state index contributed by atoms with van der Waals surface area (Å²) in [5.74, 6) is 0. The van der Waals surface area contributed by atoms with Crippen molar-refractivity contribution in [3.63, 3.8) is 0 Å². The van der Waals surface area contributed by atoms with Crippen molar-refractivity contribution in [3.05, 3.63) is 11.8 Å². The predicted molar refractivity (Wildman–Crippen MR) is 100 cm³/mol. The van der Waals surface area contributed by atoms with E-state index in [0.29, 0.717) is 0 Å². The summed E-state index contributed by atoms with van der Waals surface area (Å²) in [4.78, 5) is 0. The van der Waals surface area contributed by atoms with Gasteiger partial charge in [0, 0.05) is 0 Å². The van der Waals surface area contributed by atoms with Crippen LogP contribution in [0.1, 0.15) is 110 Å². The fraction of sp³-hybridized carbons (Fsp3) is 0.900. The molecular weight excluding hydrogens is 268 g/mol. The minimum atomic E-state index is 1.04. The summed E-state index contributed by atoms with van der Waals surface area (Å²) in [5.41, 5.74) is 0. The van der Waals surface area contributed by atoms with Gasteiger partial charge in [0.2, 0.25) is 0 Å². The standard InChI is InChI=1S/C20H40Si/c1-4-6-8-10-11-12-13-14-15-17-19-21-20(3)18-16-9-7-5-2/h3-19H2,1-2H3. The zero-order valence-electron chi connectivity index (χ0n) is 15.0. The number of hydrogen-bond donors (Lipinski definition) is 0. The van der Waals surface area contributed by atoms with E-state index in [9.17, 15) is 0 Å². The van der Waals surface area contributed by atoms with Crippen molar-refractivity contribution in [3.8, 4) is 0 Å². The first kappa shape index (κ1) is 21.0. The molecule has 0 rings (SSSR count). The molecule has 0 aromatic rings. The Kier molecular flexibility index (Phi) is 18.0. The van der Waals surface area contributed by atoms with Crippen LogP contribution in [0.25, 0.3) is 0 Å². The Hall–Kier alpha value is -0.0431. The van der Waals surface area contributed by atoms with Gasteiger partial charge < -0.3 is 0 Å². The van der Waals surface area contributed by atoms with Crippen LogP contribution in [0.2, 0.25) is 6.04 Å². The third-order valence-electron chi connectivity index (χ3n) is 4.24. The van der Waals surface area contributed by atoms with Crippen LogP contribution in [0.3, 0.4) is 0 Å². The van der Waals surface area contributed by atoms with Gasteiger partial charge in [-0.15, -0.1) is 6.58 Å². The molecule has 0 aromatic carbocycles. The maximum atomic E-state index is 4.25. The van der Waals surface area contributed by atoms with E-state index < -0.39 is 0 Å². The molecule has 2 radical (unpaired) electrons.